The molecule has 1 atom stereocenters. The summed E-state index contributed by atoms with van der Waals surface area (Å²) in [6.45, 7) is 1.78. The highest BCUT2D eigenvalue weighted by molar-refractivity contribution is 5.94. The van der Waals surface area contributed by atoms with Crippen molar-refractivity contribution < 1.29 is 22.4 Å². The quantitative estimate of drug-likeness (QED) is 0.690. The highest BCUT2D eigenvalue weighted by Gasteiger charge is 2.32. The topological polar surface area (TPSA) is 46.3 Å². The minimum Gasteiger partial charge on any atom is -0.459 e. The van der Waals surface area contributed by atoms with Crippen molar-refractivity contribution in [1.29, 1.82) is 0 Å². The first kappa shape index (κ1) is 17.0. The van der Waals surface area contributed by atoms with Crippen molar-refractivity contribution in [2.45, 2.75) is 19.1 Å². The number of nitrogens with zero attached hydrogens (tertiary/aromatic N) is 2. The molecule has 0 fully saturated rings. The van der Waals surface area contributed by atoms with E-state index in [9.17, 15) is 18.0 Å². The number of aromatic nitrogens is 1. The van der Waals surface area contributed by atoms with Crippen LogP contribution in [0.2, 0.25) is 0 Å². The number of fused-ring (bicyclic) bond motifs is 1. The molecule has 0 N–H and O–H groups in total. The van der Waals surface area contributed by atoms with Crippen molar-refractivity contribution in [2.24, 2.45) is 0 Å². The van der Waals surface area contributed by atoms with Crippen LogP contribution < -0.4 is 0 Å². The summed E-state index contributed by atoms with van der Waals surface area (Å²) >= 11 is 0. The van der Waals surface area contributed by atoms with Gasteiger partial charge in [0, 0.05) is 18.6 Å². The van der Waals surface area contributed by atoms with Gasteiger partial charge in [-0.25, -0.2) is 0 Å². The molecule has 1 aromatic carbocycles. The number of rotatable bonds is 3. The normalized spacial score (nSPS) is 13.0. The second-order valence-corrected chi connectivity index (χ2v) is 5.71. The van der Waals surface area contributed by atoms with E-state index in [0.717, 1.165) is 23.7 Å². The molecular formula is C18H15F3N2O2. The first-order valence-corrected chi connectivity index (χ1v) is 7.56. The lowest BCUT2D eigenvalue weighted by atomic mass is 10.1. The molecule has 0 saturated heterocycles. The fraction of sp³-hybridized carbons (Fsp3) is 0.222. The van der Waals surface area contributed by atoms with E-state index in [2.05, 4.69) is 4.98 Å². The molecule has 2 heterocycles. The van der Waals surface area contributed by atoms with Crippen LogP contribution in [0.1, 0.15) is 34.8 Å². The van der Waals surface area contributed by atoms with E-state index in [-0.39, 0.29) is 11.6 Å². The third kappa shape index (κ3) is 3.35. The molecule has 0 radical (unpaired) electrons. The van der Waals surface area contributed by atoms with Crippen LogP contribution in [0.4, 0.5) is 13.2 Å². The molecule has 2 aromatic heterocycles. The molecule has 7 heteroatoms. The molecule has 0 aliphatic rings. The number of halogens is 3. The average molecular weight is 348 g/mol. The number of carbonyl (C=O) groups is 1. The molecule has 0 aliphatic carbocycles. The zero-order valence-corrected chi connectivity index (χ0v) is 13.5. The third-order valence-electron chi connectivity index (χ3n) is 4.06. The van der Waals surface area contributed by atoms with Gasteiger partial charge in [-0.1, -0.05) is 18.2 Å². The van der Waals surface area contributed by atoms with Crippen LogP contribution in [-0.4, -0.2) is 22.8 Å². The molecule has 0 saturated carbocycles. The summed E-state index contributed by atoms with van der Waals surface area (Å²) in [5.41, 5.74) is -0.239. The molecule has 1 amide bonds. The van der Waals surface area contributed by atoms with E-state index in [0.29, 0.717) is 11.3 Å². The van der Waals surface area contributed by atoms with Gasteiger partial charge in [-0.2, -0.15) is 13.2 Å². The van der Waals surface area contributed by atoms with Gasteiger partial charge in [0.25, 0.3) is 5.91 Å². The van der Waals surface area contributed by atoms with E-state index >= 15 is 0 Å². The number of carbonyl (C=O) groups excluding carboxylic acids is 1. The van der Waals surface area contributed by atoms with Gasteiger partial charge >= 0.3 is 6.18 Å². The smallest absolute Gasteiger partial charge is 0.433 e. The van der Waals surface area contributed by atoms with Crippen molar-refractivity contribution in [3.05, 3.63) is 65.7 Å². The Morgan fingerprint density at radius 3 is 2.52 bits per heavy atom. The number of para-hydroxylation sites is 1. The average Bonchev–Trinajstić information content (AvgIpc) is 3.03. The molecule has 130 valence electrons. The molecule has 1 unspecified atom stereocenters. The van der Waals surface area contributed by atoms with E-state index < -0.39 is 17.8 Å². The van der Waals surface area contributed by atoms with Gasteiger partial charge < -0.3 is 9.32 Å². The molecule has 4 nitrogen and oxygen atoms in total. The van der Waals surface area contributed by atoms with Crippen LogP contribution >= 0.6 is 0 Å². The summed E-state index contributed by atoms with van der Waals surface area (Å²) in [7, 11) is 1.57. The van der Waals surface area contributed by atoms with Gasteiger partial charge in [0.15, 0.2) is 0 Å². The Morgan fingerprint density at radius 1 is 1.20 bits per heavy atom. The molecule has 3 aromatic rings. The second-order valence-electron chi connectivity index (χ2n) is 5.71. The highest BCUT2D eigenvalue weighted by atomic mass is 19.4. The van der Waals surface area contributed by atoms with Crippen LogP contribution in [0.3, 0.4) is 0 Å². The van der Waals surface area contributed by atoms with Crippen LogP contribution in [0.25, 0.3) is 11.0 Å². The summed E-state index contributed by atoms with van der Waals surface area (Å²) < 4.78 is 43.4. The van der Waals surface area contributed by atoms with Crippen molar-refractivity contribution in [3.63, 3.8) is 0 Å². The molecule has 3 rings (SSSR count). The maximum Gasteiger partial charge on any atom is 0.433 e. The number of amides is 1. The van der Waals surface area contributed by atoms with Crippen LogP contribution in [0.15, 0.2) is 53.1 Å². The summed E-state index contributed by atoms with van der Waals surface area (Å²) in [5.74, 6) is 0.158. The molecule has 0 bridgehead atoms. The van der Waals surface area contributed by atoms with Crippen LogP contribution in [0.5, 0.6) is 0 Å². The summed E-state index contributed by atoms with van der Waals surface area (Å²) in [6.07, 6.45) is -3.60. The van der Waals surface area contributed by atoms with Gasteiger partial charge in [-0.15, -0.1) is 0 Å². The van der Waals surface area contributed by atoms with Gasteiger partial charge in [0.2, 0.25) is 0 Å². The van der Waals surface area contributed by atoms with Gasteiger partial charge in [0.05, 0.1) is 11.6 Å². The van der Waals surface area contributed by atoms with Crippen molar-refractivity contribution in [1.82, 2.24) is 9.88 Å². The van der Waals surface area contributed by atoms with E-state index in [1.165, 1.54) is 4.90 Å². The van der Waals surface area contributed by atoms with E-state index in [4.69, 9.17) is 4.42 Å². The van der Waals surface area contributed by atoms with Gasteiger partial charge in [0.1, 0.15) is 17.0 Å². The first-order chi connectivity index (χ1) is 11.8. The summed E-state index contributed by atoms with van der Waals surface area (Å²) in [6, 6.07) is 10.8. The maximum absolute atomic E-state index is 12.6. The molecular weight excluding hydrogens is 333 g/mol. The predicted molar refractivity (Wildman–Crippen MR) is 86.0 cm³/mol. The Balaban J connectivity index is 1.81. The first-order valence-electron chi connectivity index (χ1n) is 7.56. The number of pyridine rings is 1. The van der Waals surface area contributed by atoms with Crippen molar-refractivity contribution in [2.75, 3.05) is 7.05 Å². The second kappa shape index (κ2) is 6.23. The monoisotopic (exact) mass is 348 g/mol. The van der Waals surface area contributed by atoms with E-state index in [1.807, 2.05) is 30.3 Å². The SMILES string of the molecule is CC(c1cc2ccccc2o1)N(C)C(=O)c1ccc(C(F)(F)F)nc1. The minimum absolute atomic E-state index is 0.0819. The van der Waals surface area contributed by atoms with Crippen molar-refractivity contribution in [3.8, 4) is 0 Å². The van der Waals surface area contributed by atoms with Gasteiger partial charge in [-0.3, -0.25) is 9.78 Å². The van der Waals surface area contributed by atoms with Crippen molar-refractivity contribution >= 4 is 16.9 Å². The zero-order valence-electron chi connectivity index (χ0n) is 13.5. The Kier molecular flexibility index (Phi) is 4.24. The largest absolute Gasteiger partial charge is 0.459 e. The summed E-state index contributed by atoms with van der Waals surface area (Å²) in [4.78, 5) is 17.2. The fourth-order valence-electron chi connectivity index (χ4n) is 2.47. The van der Waals surface area contributed by atoms with Crippen LogP contribution in [-0.2, 0) is 6.18 Å². The molecule has 0 aliphatic heterocycles. The Bertz CT molecular complexity index is 868. The number of alkyl halides is 3. The lowest BCUT2D eigenvalue weighted by Gasteiger charge is -2.23. The maximum atomic E-state index is 12.6. The van der Waals surface area contributed by atoms with Gasteiger partial charge in [-0.05, 0) is 31.2 Å². The minimum atomic E-state index is -4.53. The Labute approximate surface area is 141 Å². The lowest BCUT2D eigenvalue weighted by Crippen LogP contribution is -2.29. The molecule has 0 spiro atoms. The highest BCUT2D eigenvalue weighted by Crippen LogP contribution is 2.29. The summed E-state index contributed by atoms with van der Waals surface area (Å²) in [5, 5.41) is 0.918. The Hall–Kier alpha value is -2.83. The predicted octanol–water partition coefficient (Wildman–Crippen LogP) is 4.68. The van der Waals surface area contributed by atoms with Crippen LogP contribution in [0, 0.1) is 0 Å². The number of benzene rings is 1. The number of hydrogen-bond donors (Lipinski definition) is 0. The number of furan rings is 1. The lowest BCUT2D eigenvalue weighted by molar-refractivity contribution is -0.141. The Morgan fingerprint density at radius 2 is 1.92 bits per heavy atom. The van der Waals surface area contributed by atoms with E-state index in [1.54, 1.807) is 14.0 Å². The fourth-order valence-corrected chi connectivity index (χ4v) is 2.47. The standard InChI is InChI=1S/C18H15F3N2O2/c1-11(15-9-12-5-3-4-6-14(12)25-15)23(2)17(24)13-7-8-16(22-10-13)18(19,20)21/h3-11H,1-2H3. The zero-order chi connectivity index (χ0) is 18.2. The third-order valence-corrected chi connectivity index (χ3v) is 4.06. The molecule has 25 heavy (non-hydrogen) atoms. The number of hydrogen-bond acceptors (Lipinski definition) is 3.